The van der Waals surface area contributed by atoms with Crippen molar-refractivity contribution in [1.29, 1.82) is 10.5 Å². The Hall–Kier alpha value is -1.13. The third kappa shape index (κ3) is 3.68. The van der Waals surface area contributed by atoms with Gasteiger partial charge in [0.2, 0.25) is 0 Å². The molecule has 0 atom stereocenters. The maximum atomic E-state index is 8.92. The van der Waals surface area contributed by atoms with E-state index in [1.165, 1.54) is 37.4 Å². The van der Waals surface area contributed by atoms with Gasteiger partial charge in [-0.05, 0) is 25.0 Å². The summed E-state index contributed by atoms with van der Waals surface area (Å²) in [6, 6.07) is 3.98. The van der Waals surface area contributed by atoms with Crippen molar-refractivity contribution in [2.75, 3.05) is 19.3 Å². The van der Waals surface area contributed by atoms with E-state index in [2.05, 4.69) is 11.8 Å². The highest BCUT2D eigenvalue weighted by atomic mass is 32.2. The summed E-state index contributed by atoms with van der Waals surface area (Å²) in [7, 11) is 0. The minimum absolute atomic E-state index is 0.256. The van der Waals surface area contributed by atoms with E-state index in [1.54, 1.807) is 0 Å². The molecule has 0 radical (unpaired) electrons. The molecule has 0 bridgehead atoms. The zero-order valence-electron chi connectivity index (χ0n) is 10.6. The number of nitrogens with zero attached hydrogens (tertiary/aromatic N) is 3. The summed E-state index contributed by atoms with van der Waals surface area (Å²) in [5.74, 6) is 0.826. The third-order valence-corrected chi connectivity index (χ3v) is 4.08. The second-order valence-electron chi connectivity index (χ2n) is 4.33. The van der Waals surface area contributed by atoms with Crippen LogP contribution in [0, 0.1) is 28.6 Å². The van der Waals surface area contributed by atoms with Gasteiger partial charge in [-0.15, -0.1) is 11.8 Å². The molecule has 3 nitrogen and oxygen atoms in total. The Morgan fingerprint density at radius 2 is 1.88 bits per heavy atom. The maximum absolute atomic E-state index is 8.92. The summed E-state index contributed by atoms with van der Waals surface area (Å²) in [5, 5.41) is 18.7. The van der Waals surface area contributed by atoms with Gasteiger partial charge in [-0.2, -0.15) is 10.5 Å². The van der Waals surface area contributed by atoms with E-state index in [4.69, 9.17) is 10.5 Å². The molecule has 1 aliphatic heterocycles. The van der Waals surface area contributed by atoms with Crippen LogP contribution >= 0.6 is 11.8 Å². The minimum atomic E-state index is 0.256. The number of hydrogen-bond donors (Lipinski definition) is 0. The first-order valence-electron chi connectivity index (χ1n) is 6.10. The molecular weight excluding hydrogens is 230 g/mol. The van der Waals surface area contributed by atoms with Crippen LogP contribution in [0.2, 0.25) is 0 Å². The average Bonchev–Trinajstić information content (AvgIpc) is 2.37. The van der Waals surface area contributed by atoms with Gasteiger partial charge in [-0.3, -0.25) is 0 Å². The van der Waals surface area contributed by atoms with Crippen molar-refractivity contribution in [2.24, 2.45) is 5.92 Å². The average molecular weight is 249 g/mol. The number of thioether (sulfide) groups is 1. The lowest BCUT2D eigenvalue weighted by atomic mass is 9.93. The Balaban J connectivity index is 2.67. The van der Waals surface area contributed by atoms with E-state index in [0.717, 1.165) is 24.0 Å². The predicted molar refractivity (Wildman–Crippen MR) is 71.0 cm³/mol. The Morgan fingerprint density at radius 3 is 2.29 bits per heavy atom. The molecule has 0 amide bonds. The van der Waals surface area contributed by atoms with Crippen LogP contribution in [-0.4, -0.2) is 24.2 Å². The quantitative estimate of drug-likeness (QED) is 0.718. The molecule has 0 aromatic carbocycles. The van der Waals surface area contributed by atoms with Gasteiger partial charge >= 0.3 is 0 Å². The third-order valence-electron chi connectivity index (χ3n) is 3.23. The topological polar surface area (TPSA) is 50.8 Å². The van der Waals surface area contributed by atoms with Crippen LogP contribution in [0.4, 0.5) is 0 Å². The minimum Gasteiger partial charge on any atom is -0.365 e. The maximum Gasteiger partial charge on any atom is 0.159 e. The smallest absolute Gasteiger partial charge is 0.159 e. The molecule has 1 heterocycles. The number of likely N-dealkylation sites (tertiary alicyclic amines) is 1. The van der Waals surface area contributed by atoms with Gasteiger partial charge in [-0.25, -0.2) is 0 Å². The second kappa shape index (κ2) is 7.25. The highest BCUT2D eigenvalue weighted by molar-refractivity contribution is 8.02. The van der Waals surface area contributed by atoms with Crippen molar-refractivity contribution >= 4 is 11.8 Å². The SMILES string of the molecule is CCCC1CCN(C(SC)=C(C#N)C#N)CC1. The molecule has 1 fully saturated rings. The Bertz CT molecular complexity index is 338. The van der Waals surface area contributed by atoms with E-state index in [1.807, 2.05) is 18.4 Å². The second-order valence-corrected chi connectivity index (χ2v) is 5.12. The van der Waals surface area contributed by atoms with Crippen LogP contribution in [-0.2, 0) is 0 Å². The van der Waals surface area contributed by atoms with Crippen molar-refractivity contribution in [3.8, 4) is 12.1 Å². The van der Waals surface area contributed by atoms with Crippen molar-refractivity contribution < 1.29 is 0 Å². The van der Waals surface area contributed by atoms with Crippen molar-refractivity contribution in [3.63, 3.8) is 0 Å². The Morgan fingerprint density at radius 1 is 1.29 bits per heavy atom. The number of piperidine rings is 1. The van der Waals surface area contributed by atoms with Gasteiger partial charge in [0.1, 0.15) is 12.1 Å². The van der Waals surface area contributed by atoms with Gasteiger partial charge in [0.15, 0.2) is 5.57 Å². The number of hydrogen-bond acceptors (Lipinski definition) is 4. The fourth-order valence-electron chi connectivity index (χ4n) is 2.34. The van der Waals surface area contributed by atoms with E-state index in [0.29, 0.717) is 0 Å². The van der Waals surface area contributed by atoms with E-state index in [-0.39, 0.29) is 5.57 Å². The molecule has 0 saturated carbocycles. The lowest BCUT2D eigenvalue weighted by Crippen LogP contribution is -2.32. The molecule has 92 valence electrons. The van der Waals surface area contributed by atoms with Crippen molar-refractivity contribution in [2.45, 2.75) is 32.6 Å². The number of nitriles is 2. The van der Waals surface area contributed by atoms with E-state index < -0.39 is 0 Å². The summed E-state index contributed by atoms with van der Waals surface area (Å²) < 4.78 is 0. The normalized spacial score (nSPS) is 16.1. The van der Waals surface area contributed by atoms with Crippen LogP contribution in [0.15, 0.2) is 10.6 Å². The fraction of sp³-hybridized carbons (Fsp3) is 0.692. The van der Waals surface area contributed by atoms with Gasteiger partial charge in [0, 0.05) is 13.1 Å². The van der Waals surface area contributed by atoms with Crippen molar-refractivity contribution in [3.05, 3.63) is 10.6 Å². The lowest BCUT2D eigenvalue weighted by molar-refractivity contribution is 0.229. The molecule has 0 aliphatic carbocycles. The molecule has 1 aliphatic rings. The standard InChI is InChI=1S/C13H19N3S/c1-3-4-11-5-7-16(8-6-11)13(17-2)12(9-14)10-15/h11H,3-8H2,1-2H3. The summed E-state index contributed by atoms with van der Waals surface area (Å²) in [6.45, 7) is 4.18. The zero-order valence-corrected chi connectivity index (χ0v) is 11.4. The molecule has 0 aromatic heterocycles. The molecule has 0 aromatic rings. The predicted octanol–water partition coefficient (Wildman–Crippen LogP) is 3.12. The molecule has 0 spiro atoms. The van der Waals surface area contributed by atoms with Gasteiger partial charge in [0.25, 0.3) is 0 Å². The zero-order chi connectivity index (χ0) is 12.7. The molecule has 17 heavy (non-hydrogen) atoms. The monoisotopic (exact) mass is 249 g/mol. The van der Waals surface area contributed by atoms with Gasteiger partial charge in [0.05, 0.1) is 5.03 Å². The van der Waals surface area contributed by atoms with Crippen LogP contribution in [0.3, 0.4) is 0 Å². The Kier molecular flexibility index (Phi) is 5.94. The highest BCUT2D eigenvalue weighted by Gasteiger charge is 2.21. The summed E-state index contributed by atoms with van der Waals surface area (Å²) in [6.07, 6.45) is 6.85. The van der Waals surface area contributed by atoms with E-state index in [9.17, 15) is 0 Å². The molecule has 0 N–H and O–H groups in total. The molecule has 1 rings (SSSR count). The molecule has 0 unspecified atom stereocenters. The molecule has 4 heteroatoms. The number of rotatable bonds is 4. The first kappa shape index (κ1) is 13.9. The molecule has 1 saturated heterocycles. The number of allylic oxidation sites excluding steroid dienone is 1. The Labute approximate surface area is 108 Å². The van der Waals surface area contributed by atoms with Crippen molar-refractivity contribution in [1.82, 2.24) is 4.90 Å². The summed E-state index contributed by atoms with van der Waals surface area (Å²) in [5.41, 5.74) is 0.256. The van der Waals surface area contributed by atoms with Crippen LogP contribution in [0.5, 0.6) is 0 Å². The van der Waals surface area contributed by atoms with Crippen LogP contribution in [0.1, 0.15) is 32.6 Å². The lowest BCUT2D eigenvalue weighted by Gasteiger charge is -2.34. The highest BCUT2D eigenvalue weighted by Crippen LogP contribution is 2.29. The first-order valence-corrected chi connectivity index (χ1v) is 7.32. The van der Waals surface area contributed by atoms with Crippen LogP contribution < -0.4 is 0 Å². The first-order chi connectivity index (χ1) is 8.26. The van der Waals surface area contributed by atoms with Crippen LogP contribution in [0.25, 0.3) is 0 Å². The summed E-state index contributed by atoms with van der Waals surface area (Å²) >= 11 is 1.51. The molecular formula is C13H19N3S. The largest absolute Gasteiger partial charge is 0.365 e. The van der Waals surface area contributed by atoms with Gasteiger partial charge in [-0.1, -0.05) is 19.8 Å². The summed E-state index contributed by atoms with van der Waals surface area (Å²) in [4.78, 5) is 2.19. The fourth-order valence-corrected chi connectivity index (χ4v) is 3.08. The van der Waals surface area contributed by atoms with E-state index >= 15 is 0 Å². The van der Waals surface area contributed by atoms with Gasteiger partial charge < -0.3 is 4.90 Å².